The average molecular weight is 929 g/mol. The summed E-state index contributed by atoms with van der Waals surface area (Å²) < 4.78 is 24.5. The second-order valence-corrected chi connectivity index (χ2v) is 26.8. The number of ketones is 2. The van der Waals surface area contributed by atoms with Crippen LogP contribution in [0.4, 0.5) is 0 Å². The first kappa shape index (κ1) is 46.4. The van der Waals surface area contributed by atoms with Crippen molar-refractivity contribution in [3.05, 3.63) is 69.9 Å². The molecule has 6 saturated carbocycles. The van der Waals surface area contributed by atoms with Gasteiger partial charge >= 0.3 is 17.7 Å². The summed E-state index contributed by atoms with van der Waals surface area (Å²) in [7, 11) is 3.01. The van der Waals surface area contributed by atoms with Crippen molar-refractivity contribution in [1.82, 2.24) is 0 Å². The van der Waals surface area contributed by atoms with Crippen LogP contribution >= 0.6 is 0 Å². The summed E-state index contributed by atoms with van der Waals surface area (Å²) in [6.07, 6.45) is 20.5. The Labute approximate surface area is 404 Å². The molecular weight excluding hydrogens is 853 g/mol. The quantitative estimate of drug-likeness (QED) is 0.289. The smallest absolute Gasteiger partial charge is 0.317 e. The SMILES string of the molecule is COC(=O)[C@]1(C)CC[C@]2(C)CC[C@]3(C)C4=CC=C5C(=CC(=O)[C@]6(O)Oc7cc8c(cc7O[C@]56C)C(=O)C=C5[C@@]8(C)CC[C@@]6(C)[C@@H]7C[C@](C)(C(=O)OC)CC[C@]7(C)CC[C@]56C)[C@]4(C)CC[C@@]3(C)[C@@H]2C1. The van der Waals surface area contributed by atoms with E-state index < -0.39 is 38.8 Å². The highest BCUT2D eigenvalue weighted by atomic mass is 16.7. The largest absolute Gasteiger partial charge is 0.471 e. The van der Waals surface area contributed by atoms with E-state index in [0.717, 1.165) is 107 Å². The predicted octanol–water partition coefficient (Wildman–Crippen LogP) is 11.8. The van der Waals surface area contributed by atoms with E-state index in [1.165, 1.54) is 19.8 Å². The van der Waals surface area contributed by atoms with Crippen LogP contribution in [0.5, 0.6) is 11.5 Å². The van der Waals surface area contributed by atoms with Crippen LogP contribution in [0.3, 0.4) is 0 Å². The number of esters is 2. The molecule has 9 nitrogen and oxygen atoms in total. The van der Waals surface area contributed by atoms with Gasteiger partial charge in [0, 0.05) is 22.0 Å². The zero-order valence-corrected chi connectivity index (χ0v) is 43.2. The summed E-state index contributed by atoms with van der Waals surface area (Å²) in [5.41, 5.74) is 1.07. The summed E-state index contributed by atoms with van der Waals surface area (Å²) in [6.45, 7) is 25.0. The number of carbonyl (C=O) groups is 4. The van der Waals surface area contributed by atoms with Gasteiger partial charge in [-0.2, -0.15) is 0 Å². The lowest BCUT2D eigenvalue weighted by molar-refractivity contribution is -0.231. The lowest BCUT2D eigenvalue weighted by atomic mass is 9.34. The van der Waals surface area contributed by atoms with E-state index in [-0.39, 0.29) is 61.9 Å². The monoisotopic (exact) mass is 929 g/mol. The third kappa shape index (κ3) is 5.24. The maximum Gasteiger partial charge on any atom is 0.317 e. The molecule has 366 valence electrons. The molecule has 0 bridgehead atoms. The van der Waals surface area contributed by atoms with Gasteiger partial charge in [0.25, 0.3) is 0 Å². The normalized spacial score (nSPS) is 49.4. The van der Waals surface area contributed by atoms with E-state index in [1.807, 2.05) is 12.1 Å². The molecule has 11 rings (SSSR count). The lowest BCUT2D eigenvalue weighted by Crippen LogP contribution is -2.70. The minimum Gasteiger partial charge on any atom is -0.471 e. The van der Waals surface area contributed by atoms with Crippen LogP contribution in [-0.4, -0.2) is 54.2 Å². The van der Waals surface area contributed by atoms with Crippen LogP contribution in [0, 0.1) is 60.6 Å². The fourth-order valence-corrected chi connectivity index (χ4v) is 18.6. The molecule has 1 aliphatic heterocycles. The highest BCUT2D eigenvalue weighted by Crippen LogP contribution is 2.78. The number of hydrogen-bond acceptors (Lipinski definition) is 9. The number of hydrogen-bond donors (Lipinski definition) is 1. The van der Waals surface area contributed by atoms with E-state index in [0.29, 0.717) is 22.8 Å². The number of rotatable bonds is 2. The summed E-state index contributed by atoms with van der Waals surface area (Å²) in [6, 6.07) is 3.69. The van der Waals surface area contributed by atoms with Gasteiger partial charge < -0.3 is 24.1 Å². The van der Waals surface area contributed by atoms with Gasteiger partial charge in [-0.15, -0.1) is 0 Å². The van der Waals surface area contributed by atoms with Crippen molar-refractivity contribution in [2.24, 2.45) is 60.6 Å². The zero-order valence-electron chi connectivity index (χ0n) is 43.2. The molecule has 10 aliphatic rings. The topological polar surface area (TPSA) is 125 Å². The van der Waals surface area contributed by atoms with Gasteiger partial charge in [-0.05, 0) is 196 Å². The van der Waals surface area contributed by atoms with Crippen LogP contribution in [0.15, 0.2) is 58.7 Å². The number of carbonyl (C=O) groups excluding carboxylic acids is 4. The fourth-order valence-electron chi connectivity index (χ4n) is 18.6. The molecule has 0 aromatic heterocycles. The number of ether oxygens (including phenoxy) is 4. The predicted molar refractivity (Wildman–Crippen MR) is 259 cm³/mol. The maximum absolute atomic E-state index is 14.9. The van der Waals surface area contributed by atoms with Gasteiger partial charge in [0.15, 0.2) is 17.3 Å². The molecule has 0 unspecified atom stereocenters. The minimum absolute atomic E-state index is 0.0732. The second-order valence-electron chi connectivity index (χ2n) is 26.8. The molecular formula is C59H76O9. The van der Waals surface area contributed by atoms with E-state index in [2.05, 4.69) is 81.4 Å². The second kappa shape index (κ2) is 13.5. The first-order valence-electron chi connectivity index (χ1n) is 26.0. The highest BCUT2D eigenvalue weighted by molar-refractivity contribution is 6.09. The molecule has 0 spiro atoms. The molecule has 9 heteroatoms. The first-order valence-corrected chi connectivity index (χ1v) is 26.0. The zero-order chi connectivity index (χ0) is 49.1. The minimum atomic E-state index is -2.36. The highest BCUT2D eigenvalue weighted by Gasteiger charge is 2.72. The molecule has 1 heterocycles. The molecule has 1 N–H and O–H groups in total. The third-order valence-electron chi connectivity index (χ3n) is 23.8. The van der Waals surface area contributed by atoms with Crippen molar-refractivity contribution in [3.63, 3.8) is 0 Å². The summed E-state index contributed by atoms with van der Waals surface area (Å²) in [5.74, 6) is -2.05. The summed E-state index contributed by atoms with van der Waals surface area (Å²) in [5, 5.41) is 12.8. The first-order chi connectivity index (χ1) is 31.5. The summed E-state index contributed by atoms with van der Waals surface area (Å²) in [4.78, 5) is 56.2. The fraction of sp³-hybridized carbons (Fsp3) is 0.695. The molecule has 0 radical (unpaired) electrons. The van der Waals surface area contributed by atoms with Crippen LogP contribution < -0.4 is 9.47 Å². The van der Waals surface area contributed by atoms with Crippen molar-refractivity contribution in [3.8, 4) is 11.5 Å². The Balaban J connectivity index is 0.953. The van der Waals surface area contributed by atoms with Crippen molar-refractivity contribution in [2.75, 3.05) is 14.2 Å². The Morgan fingerprint density at radius 3 is 1.62 bits per heavy atom. The number of fused-ring (bicyclic) bond motifs is 17. The van der Waals surface area contributed by atoms with Gasteiger partial charge in [0.05, 0.1) is 25.0 Å². The van der Waals surface area contributed by atoms with Crippen LogP contribution in [0.2, 0.25) is 0 Å². The van der Waals surface area contributed by atoms with Gasteiger partial charge in [-0.3, -0.25) is 19.2 Å². The molecule has 14 atom stereocenters. The molecule has 68 heavy (non-hydrogen) atoms. The molecule has 1 aromatic rings. The Morgan fingerprint density at radius 1 is 0.574 bits per heavy atom. The number of allylic oxidation sites excluding steroid dienone is 5. The van der Waals surface area contributed by atoms with E-state index in [4.69, 9.17) is 18.9 Å². The summed E-state index contributed by atoms with van der Waals surface area (Å²) >= 11 is 0. The van der Waals surface area contributed by atoms with Gasteiger partial charge in [-0.1, -0.05) is 73.1 Å². The molecule has 0 saturated heterocycles. The van der Waals surface area contributed by atoms with Crippen LogP contribution in [-0.2, 0) is 29.3 Å². The van der Waals surface area contributed by atoms with Gasteiger partial charge in [0.2, 0.25) is 11.4 Å². The van der Waals surface area contributed by atoms with Gasteiger partial charge in [0.1, 0.15) is 0 Å². The molecule has 6 fully saturated rings. The molecule has 0 amide bonds. The lowest BCUT2D eigenvalue weighted by Gasteiger charge is -2.70. The number of aliphatic hydroxyl groups is 1. The Kier molecular flexibility index (Phi) is 9.21. The number of benzene rings is 1. The van der Waals surface area contributed by atoms with Crippen molar-refractivity contribution >= 4 is 23.5 Å². The van der Waals surface area contributed by atoms with Crippen molar-refractivity contribution < 1.29 is 43.2 Å². The van der Waals surface area contributed by atoms with E-state index in [1.54, 1.807) is 19.1 Å². The maximum atomic E-state index is 14.9. The Morgan fingerprint density at radius 2 is 1.07 bits per heavy atom. The Hall–Kier alpha value is -3.98. The average Bonchev–Trinajstić information content (AvgIpc) is 3.29. The van der Waals surface area contributed by atoms with E-state index in [9.17, 15) is 24.3 Å². The molecule has 9 aliphatic carbocycles. The number of methoxy groups -OCH3 is 2. The van der Waals surface area contributed by atoms with Crippen LogP contribution in [0.25, 0.3) is 0 Å². The van der Waals surface area contributed by atoms with Crippen molar-refractivity contribution in [1.29, 1.82) is 0 Å². The van der Waals surface area contributed by atoms with Gasteiger partial charge in [-0.25, -0.2) is 0 Å². The standard InChI is InChI=1S/C59H76O9/c1-48-16-18-50(3,46(62)65-12)32-43(48)56(9)27-23-53(6)37-30-45(61)59(64)58(11,35(37)14-15-41(53)54(56,7)24-20-48)67-39-28-34-36(29-40(39)68-59)52(5)22-26-57(10)44-33-51(4,47(63)66-13)19-17-49(44,2)21-25-55(57,8)42(52)31-38(34)60/h14-15,28-31,43-44,64H,16-27,32-33H2,1-13H3/t43-,44-,48-,49-,50-,51-,52+,53+,54-,55-,56+,57+,58-,59+/m1/s1. The van der Waals surface area contributed by atoms with Crippen molar-refractivity contribution in [2.45, 2.75) is 183 Å². The molecule has 1 aromatic carbocycles. The van der Waals surface area contributed by atoms with E-state index >= 15 is 0 Å². The Bertz CT molecular complexity index is 2670. The van der Waals surface area contributed by atoms with Crippen LogP contribution in [0.1, 0.15) is 182 Å². The third-order valence-corrected chi connectivity index (χ3v) is 23.8.